The van der Waals surface area contributed by atoms with Crippen LogP contribution in [0.2, 0.25) is 0 Å². The molecule has 2 N–H and O–H groups in total. The van der Waals surface area contributed by atoms with Gasteiger partial charge in [-0.3, -0.25) is 9.25 Å². The number of nitriles is 1. The lowest BCUT2D eigenvalue weighted by molar-refractivity contribution is 0.0589. The molecule has 0 aliphatic carbocycles. The van der Waals surface area contributed by atoms with Gasteiger partial charge in [0.05, 0.1) is 25.3 Å². The van der Waals surface area contributed by atoms with Gasteiger partial charge >= 0.3 is 5.97 Å². The minimum atomic E-state index is -0.563. The second-order valence-electron chi connectivity index (χ2n) is 6.12. The Labute approximate surface area is 156 Å². The van der Waals surface area contributed by atoms with Gasteiger partial charge in [-0.1, -0.05) is 6.07 Å². The number of benzene rings is 1. The largest absolute Gasteiger partial charge is 0.496 e. The van der Waals surface area contributed by atoms with Crippen molar-refractivity contribution in [1.29, 1.82) is 5.26 Å². The average Bonchev–Trinajstić information content (AvgIpc) is 3.15. The standard InChI is InChI=1S/C19H21N5O3/c1-6-23-16(19(25)27-5)14-12(9-20)17(21)24(18(14)22-23)15-10(2)7-8-13(26-4)11(15)3/h7-8H,6,21H2,1-5H3. The van der Waals surface area contributed by atoms with E-state index in [4.69, 9.17) is 15.2 Å². The van der Waals surface area contributed by atoms with Crippen molar-refractivity contribution in [3.8, 4) is 17.5 Å². The summed E-state index contributed by atoms with van der Waals surface area (Å²) >= 11 is 0. The van der Waals surface area contributed by atoms with Crippen molar-refractivity contribution >= 4 is 22.8 Å². The number of nitrogens with two attached hydrogens (primary N) is 1. The number of fused-ring (bicyclic) bond motifs is 1. The summed E-state index contributed by atoms with van der Waals surface area (Å²) in [6.45, 7) is 6.16. The lowest BCUT2D eigenvalue weighted by Crippen LogP contribution is -2.12. The second-order valence-corrected chi connectivity index (χ2v) is 6.12. The fourth-order valence-electron chi connectivity index (χ4n) is 3.44. The SMILES string of the molecule is CCn1nc2c(c(C#N)c(N)n2-c2c(C)ccc(OC)c2C)c1C(=O)OC. The van der Waals surface area contributed by atoms with Crippen molar-refractivity contribution in [2.75, 3.05) is 20.0 Å². The highest BCUT2D eigenvalue weighted by Crippen LogP contribution is 2.37. The van der Waals surface area contributed by atoms with Crippen LogP contribution < -0.4 is 10.5 Å². The lowest BCUT2D eigenvalue weighted by atomic mass is 10.1. The number of carbonyl (C=O) groups excluding carboxylic acids is 1. The number of nitrogen functional groups attached to an aromatic ring is 1. The Bertz CT molecular complexity index is 1100. The van der Waals surface area contributed by atoms with Crippen LogP contribution in [-0.2, 0) is 11.3 Å². The van der Waals surface area contributed by atoms with E-state index in [-0.39, 0.29) is 17.1 Å². The molecule has 0 atom stereocenters. The number of rotatable bonds is 4. The summed E-state index contributed by atoms with van der Waals surface area (Å²) in [5.74, 6) is 0.355. The van der Waals surface area contributed by atoms with Crippen LogP contribution in [0.1, 0.15) is 34.1 Å². The van der Waals surface area contributed by atoms with Crippen molar-refractivity contribution in [3.63, 3.8) is 0 Å². The highest BCUT2D eigenvalue weighted by Gasteiger charge is 2.29. The first kappa shape index (κ1) is 18.3. The quantitative estimate of drug-likeness (QED) is 0.710. The third-order valence-electron chi connectivity index (χ3n) is 4.71. The van der Waals surface area contributed by atoms with Crippen molar-refractivity contribution in [3.05, 3.63) is 34.5 Å². The zero-order valence-corrected chi connectivity index (χ0v) is 16.0. The molecule has 8 nitrogen and oxygen atoms in total. The third kappa shape index (κ3) is 2.51. The van der Waals surface area contributed by atoms with Gasteiger partial charge in [0.1, 0.15) is 23.2 Å². The molecule has 0 fully saturated rings. The molecule has 0 amide bonds. The Hall–Kier alpha value is -3.47. The lowest BCUT2D eigenvalue weighted by Gasteiger charge is -2.16. The molecule has 27 heavy (non-hydrogen) atoms. The fourth-order valence-corrected chi connectivity index (χ4v) is 3.44. The zero-order valence-electron chi connectivity index (χ0n) is 16.0. The number of hydrogen-bond donors (Lipinski definition) is 1. The summed E-state index contributed by atoms with van der Waals surface area (Å²) in [4.78, 5) is 12.4. The molecule has 140 valence electrons. The van der Waals surface area contributed by atoms with Gasteiger partial charge in [-0.05, 0) is 32.4 Å². The number of aryl methyl sites for hydroxylation is 2. The van der Waals surface area contributed by atoms with E-state index in [1.165, 1.54) is 11.8 Å². The Balaban J connectivity index is 2.51. The Morgan fingerprint density at radius 1 is 1.33 bits per heavy atom. The first-order chi connectivity index (χ1) is 12.9. The molecule has 0 saturated heterocycles. The molecule has 8 heteroatoms. The minimum Gasteiger partial charge on any atom is -0.496 e. The number of methoxy groups -OCH3 is 2. The molecular formula is C19H21N5O3. The third-order valence-corrected chi connectivity index (χ3v) is 4.71. The Morgan fingerprint density at radius 3 is 2.59 bits per heavy atom. The van der Waals surface area contributed by atoms with Gasteiger partial charge in [0, 0.05) is 12.1 Å². The number of hydrogen-bond acceptors (Lipinski definition) is 6. The number of ether oxygens (including phenoxy) is 2. The molecule has 0 aliphatic rings. The number of esters is 1. The highest BCUT2D eigenvalue weighted by atomic mass is 16.5. The van der Waals surface area contributed by atoms with Gasteiger partial charge in [0.2, 0.25) is 0 Å². The molecule has 0 saturated carbocycles. The van der Waals surface area contributed by atoms with Gasteiger partial charge in [-0.15, -0.1) is 0 Å². The summed E-state index contributed by atoms with van der Waals surface area (Å²) in [6, 6.07) is 5.90. The summed E-state index contributed by atoms with van der Waals surface area (Å²) < 4.78 is 13.6. The van der Waals surface area contributed by atoms with Crippen molar-refractivity contribution < 1.29 is 14.3 Å². The average molecular weight is 367 g/mol. The van der Waals surface area contributed by atoms with Crippen LogP contribution in [0.4, 0.5) is 5.82 Å². The number of carbonyl (C=O) groups is 1. The topological polar surface area (TPSA) is 108 Å². The molecule has 0 unspecified atom stereocenters. The van der Waals surface area contributed by atoms with Crippen molar-refractivity contribution in [2.45, 2.75) is 27.3 Å². The molecule has 0 spiro atoms. The van der Waals surface area contributed by atoms with Crippen LogP contribution >= 0.6 is 0 Å². The number of nitrogens with zero attached hydrogens (tertiary/aromatic N) is 4. The molecule has 3 rings (SSSR count). The first-order valence-electron chi connectivity index (χ1n) is 8.44. The first-order valence-corrected chi connectivity index (χ1v) is 8.44. The van der Waals surface area contributed by atoms with Crippen LogP contribution in [0.5, 0.6) is 5.75 Å². The van der Waals surface area contributed by atoms with Gasteiger partial charge in [-0.25, -0.2) is 4.79 Å². The van der Waals surface area contributed by atoms with Gasteiger partial charge in [0.25, 0.3) is 0 Å². The second kappa shape index (κ2) is 6.68. The predicted octanol–water partition coefficient (Wildman–Crippen LogP) is 2.71. The highest BCUT2D eigenvalue weighted by molar-refractivity contribution is 6.07. The van der Waals surface area contributed by atoms with Gasteiger partial charge in [-0.2, -0.15) is 10.4 Å². The molecule has 0 bridgehead atoms. The Morgan fingerprint density at radius 2 is 2.04 bits per heavy atom. The summed E-state index contributed by atoms with van der Waals surface area (Å²) in [7, 11) is 2.89. The van der Waals surface area contributed by atoms with E-state index in [1.807, 2.05) is 32.9 Å². The smallest absolute Gasteiger partial charge is 0.357 e. The van der Waals surface area contributed by atoms with E-state index in [0.29, 0.717) is 23.3 Å². The zero-order chi connectivity index (χ0) is 19.9. The minimum absolute atomic E-state index is 0.201. The van der Waals surface area contributed by atoms with Crippen LogP contribution in [0, 0.1) is 25.2 Å². The van der Waals surface area contributed by atoms with E-state index in [1.54, 1.807) is 11.7 Å². The van der Waals surface area contributed by atoms with Crippen LogP contribution in [0.3, 0.4) is 0 Å². The molecule has 1 aromatic carbocycles. The van der Waals surface area contributed by atoms with Gasteiger partial charge < -0.3 is 15.2 Å². The maximum atomic E-state index is 12.4. The normalized spacial score (nSPS) is 10.8. The van der Waals surface area contributed by atoms with Crippen molar-refractivity contribution in [2.24, 2.45) is 0 Å². The van der Waals surface area contributed by atoms with Gasteiger partial charge in [0.15, 0.2) is 11.3 Å². The maximum Gasteiger partial charge on any atom is 0.357 e. The number of aromatic nitrogens is 3. The van der Waals surface area contributed by atoms with Crippen LogP contribution in [-0.4, -0.2) is 34.5 Å². The summed E-state index contributed by atoms with van der Waals surface area (Å²) in [5, 5.41) is 14.7. The van der Waals surface area contributed by atoms with E-state index < -0.39 is 5.97 Å². The number of anilines is 1. The van der Waals surface area contributed by atoms with Crippen LogP contribution in [0.25, 0.3) is 16.7 Å². The Kier molecular flexibility index (Phi) is 4.54. The van der Waals surface area contributed by atoms with E-state index in [0.717, 1.165) is 16.8 Å². The molecule has 0 aliphatic heterocycles. The summed E-state index contributed by atoms with van der Waals surface area (Å²) in [5.41, 5.74) is 9.76. The fraction of sp³-hybridized carbons (Fsp3) is 0.316. The molecule has 2 aromatic heterocycles. The predicted molar refractivity (Wildman–Crippen MR) is 101 cm³/mol. The van der Waals surface area contributed by atoms with E-state index in [2.05, 4.69) is 11.2 Å². The molecular weight excluding hydrogens is 346 g/mol. The molecule has 0 radical (unpaired) electrons. The molecule has 2 heterocycles. The summed E-state index contributed by atoms with van der Waals surface area (Å²) in [6.07, 6.45) is 0. The maximum absolute atomic E-state index is 12.4. The van der Waals surface area contributed by atoms with Crippen LogP contribution in [0.15, 0.2) is 12.1 Å². The monoisotopic (exact) mass is 367 g/mol. The van der Waals surface area contributed by atoms with Crippen molar-refractivity contribution in [1.82, 2.24) is 14.3 Å². The molecule has 3 aromatic rings. The van der Waals surface area contributed by atoms with E-state index in [9.17, 15) is 10.1 Å². The van der Waals surface area contributed by atoms with E-state index >= 15 is 0 Å².